The van der Waals surface area contributed by atoms with Crippen LogP contribution >= 0.6 is 0 Å². The molecule has 1 amide bonds. The summed E-state index contributed by atoms with van der Waals surface area (Å²) in [5, 5.41) is 0. The molecular formula is C20H22N2O3S. The highest BCUT2D eigenvalue weighted by atomic mass is 32.2. The average Bonchev–Trinajstić information content (AvgIpc) is 2.67. The zero-order valence-electron chi connectivity index (χ0n) is 14.7. The number of nitrogens with one attached hydrogen (secondary N) is 1. The molecule has 0 spiro atoms. The summed E-state index contributed by atoms with van der Waals surface area (Å²) in [6.07, 6.45) is 5.83. The van der Waals surface area contributed by atoms with Crippen molar-refractivity contribution in [1.29, 1.82) is 0 Å². The fraction of sp³-hybridized carbons (Fsp3) is 0.250. The maximum atomic E-state index is 12.8. The number of amides is 1. The first kappa shape index (κ1) is 19.7. The third kappa shape index (κ3) is 5.19. The van der Waals surface area contributed by atoms with E-state index in [1.54, 1.807) is 17.0 Å². The van der Waals surface area contributed by atoms with E-state index in [-0.39, 0.29) is 17.3 Å². The minimum absolute atomic E-state index is 0.0257. The van der Waals surface area contributed by atoms with Crippen LogP contribution in [0.1, 0.15) is 22.8 Å². The Bertz CT molecular complexity index is 887. The second-order valence-electron chi connectivity index (χ2n) is 5.68. The lowest BCUT2D eigenvalue weighted by molar-refractivity contribution is 0.0766. The third-order valence-corrected chi connectivity index (χ3v) is 5.34. The predicted molar refractivity (Wildman–Crippen MR) is 102 cm³/mol. The Labute approximate surface area is 155 Å². The number of carbonyl (C=O) groups excluding carboxylic acids is 1. The minimum atomic E-state index is -3.73. The lowest BCUT2D eigenvalue weighted by Crippen LogP contribution is -2.33. The first-order valence-electron chi connectivity index (χ1n) is 8.34. The van der Waals surface area contributed by atoms with E-state index >= 15 is 0 Å². The summed E-state index contributed by atoms with van der Waals surface area (Å²) in [4.78, 5) is 14.5. The monoisotopic (exact) mass is 370 g/mol. The van der Waals surface area contributed by atoms with Crippen molar-refractivity contribution in [3.8, 4) is 12.3 Å². The van der Waals surface area contributed by atoms with E-state index in [2.05, 4.69) is 10.6 Å². The maximum absolute atomic E-state index is 12.8. The molecule has 0 atom stereocenters. The van der Waals surface area contributed by atoms with Gasteiger partial charge in [-0.15, -0.1) is 6.42 Å². The molecule has 0 saturated carbocycles. The van der Waals surface area contributed by atoms with Gasteiger partial charge in [0.1, 0.15) is 0 Å². The van der Waals surface area contributed by atoms with E-state index in [1.807, 2.05) is 37.3 Å². The van der Waals surface area contributed by atoms with Gasteiger partial charge in [-0.2, -0.15) is 4.72 Å². The molecular weight excluding hydrogens is 348 g/mol. The topological polar surface area (TPSA) is 66.5 Å². The van der Waals surface area contributed by atoms with Crippen LogP contribution in [-0.2, 0) is 16.4 Å². The molecule has 6 heteroatoms. The molecule has 0 aliphatic rings. The lowest BCUT2D eigenvalue weighted by Gasteiger charge is -2.21. The molecule has 5 nitrogen and oxygen atoms in total. The molecule has 2 rings (SSSR count). The number of carbonyl (C=O) groups is 1. The molecule has 0 heterocycles. The van der Waals surface area contributed by atoms with Gasteiger partial charge in [-0.05, 0) is 37.1 Å². The van der Waals surface area contributed by atoms with Crippen molar-refractivity contribution in [1.82, 2.24) is 9.62 Å². The van der Waals surface area contributed by atoms with Crippen LogP contribution in [0.25, 0.3) is 0 Å². The highest BCUT2D eigenvalue weighted by Gasteiger charge is 2.18. The summed E-state index contributed by atoms with van der Waals surface area (Å²) < 4.78 is 26.7. The Morgan fingerprint density at radius 2 is 1.88 bits per heavy atom. The highest BCUT2D eigenvalue weighted by molar-refractivity contribution is 7.89. The summed E-state index contributed by atoms with van der Waals surface area (Å²) in [7, 11) is -3.73. The van der Waals surface area contributed by atoms with Crippen LogP contribution in [0.3, 0.4) is 0 Å². The van der Waals surface area contributed by atoms with Gasteiger partial charge in [-0.1, -0.05) is 42.3 Å². The molecule has 0 aromatic heterocycles. The van der Waals surface area contributed by atoms with Crippen molar-refractivity contribution >= 4 is 15.9 Å². The van der Waals surface area contributed by atoms with Crippen molar-refractivity contribution in [2.24, 2.45) is 0 Å². The van der Waals surface area contributed by atoms with Gasteiger partial charge in [0, 0.05) is 18.7 Å². The molecule has 0 fully saturated rings. The van der Waals surface area contributed by atoms with Crippen molar-refractivity contribution in [3.05, 3.63) is 65.7 Å². The molecule has 0 unspecified atom stereocenters. The lowest BCUT2D eigenvalue weighted by atomic mass is 10.1. The molecule has 136 valence electrons. The molecule has 0 aliphatic carbocycles. The Morgan fingerprint density at radius 3 is 2.54 bits per heavy atom. The summed E-state index contributed by atoms with van der Waals surface area (Å²) >= 11 is 0. The molecule has 0 bridgehead atoms. The van der Waals surface area contributed by atoms with Crippen LogP contribution in [0.2, 0.25) is 0 Å². The van der Waals surface area contributed by atoms with Gasteiger partial charge >= 0.3 is 0 Å². The van der Waals surface area contributed by atoms with Gasteiger partial charge in [0.25, 0.3) is 5.91 Å². The van der Waals surface area contributed by atoms with Gasteiger partial charge in [0.2, 0.25) is 10.0 Å². The number of hydrogen-bond acceptors (Lipinski definition) is 3. The first-order valence-corrected chi connectivity index (χ1v) is 9.82. The van der Waals surface area contributed by atoms with E-state index in [0.29, 0.717) is 18.7 Å². The zero-order valence-corrected chi connectivity index (χ0v) is 15.5. The zero-order chi connectivity index (χ0) is 19.0. The van der Waals surface area contributed by atoms with E-state index in [1.165, 1.54) is 12.1 Å². The highest BCUT2D eigenvalue weighted by Crippen LogP contribution is 2.14. The third-order valence-electron chi connectivity index (χ3n) is 3.94. The Morgan fingerprint density at radius 1 is 1.15 bits per heavy atom. The number of likely N-dealkylation sites (N-methyl/N-ethyl adjacent to an activating group) is 1. The van der Waals surface area contributed by atoms with Gasteiger partial charge in [-0.3, -0.25) is 4.79 Å². The summed E-state index contributed by atoms with van der Waals surface area (Å²) in [6, 6.07) is 15.9. The normalized spacial score (nSPS) is 10.9. The Hall–Kier alpha value is -2.62. The molecule has 0 radical (unpaired) electrons. The summed E-state index contributed by atoms with van der Waals surface area (Å²) in [6.45, 7) is 2.90. The van der Waals surface area contributed by atoms with Crippen LogP contribution in [0.5, 0.6) is 0 Å². The molecule has 0 aliphatic heterocycles. The van der Waals surface area contributed by atoms with Crippen molar-refractivity contribution < 1.29 is 13.2 Å². The number of benzene rings is 2. The van der Waals surface area contributed by atoms with Crippen LogP contribution in [0.4, 0.5) is 0 Å². The Kier molecular flexibility index (Phi) is 6.96. The smallest absolute Gasteiger partial charge is 0.253 e. The van der Waals surface area contributed by atoms with Gasteiger partial charge in [-0.25, -0.2) is 8.42 Å². The fourth-order valence-electron chi connectivity index (χ4n) is 2.51. The second-order valence-corrected chi connectivity index (χ2v) is 7.44. The van der Waals surface area contributed by atoms with Gasteiger partial charge in [0.15, 0.2) is 0 Å². The van der Waals surface area contributed by atoms with Crippen molar-refractivity contribution in [3.63, 3.8) is 0 Å². The van der Waals surface area contributed by atoms with Crippen LogP contribution in [0.15, 0.2) is 59.5 Å². The van der Waals surface area contributed by atoms with Gasteiger partial charge < -0.3 is 4.90 Å². The average molecular weight is 370 g/mol. The predicted octanol–water partition coefficient (Wildman–Crippen LogP) is 2.30. The largest absolute Gasteiger partial charge is 0.339 e. The first-order chi connectivity index (χ1) is 12.5. The molecule has 26 heavy (non-hydrogen) atoms. The number of hydrogen-bond donors (Lipinski definition) is 1. The van der Waals surface area contributed by atoms with Gasteiger partial charge in [0.05, 0.1) is 11.4 Å². The van der Waals surface area contributed by atoms with Crippen LogP contribution in [0, 0.1) is 12.3 Å². The second kappa shape index (κ2) is 9.18. The van der Waals surface area contributed by atoms with Crippen molar-refractivity contribution in [2.75, 3.05) is 19.6 Å². The number of terminal acetylenes is 1. The standard InChI is InChI=1S/C20H22N2O3S/c1-3-14-21-26(24,25)19-12-8-11-18(16-19)20(23)22(4-2)15-13-17-9-6-5-7-10-17/h1,5-12,16,21H,4,13-15H2,2H3. The summed E-state index contributed by atoms with van der Waals surface area (Å²) in [5.41, 5.74) is 1.48. The van der Waals surface area contributed by atoms with E-state index < -0.39 is 10.0 Å². The van der Waals surface area contributed by atoms with E-state index in [4.69, 9.17) is 6.42 Å². The molecule has 2 aromatic carbocycles. The molecule has 2 aromatic rings. The number of nitrogens with zero attached hydrogens (tertiary/aromatic N) is 1. The maximum Gasteiger partial charge on any atom is 0.253 e. The SMILES string of the molecule is C#CCNS(=O)(=O)c1cccc(C(=O)N(CC)CCc2ccccc2)c1. The number of rotatable bonds is 8. The summed E-state index contributed by atoms with van der Waals surface area (Å²) in [5.74, 6) is 2.03. The van der Waals surface area contributed by atoms with E-state index in [9.17, 15) is 13.2 Å². The molecule has 0 saturated heterocycles. The van der Waals surface area contributed by atoms with E-state index in [0.717, 1.165) is 12.0 Å². The van der Waals surface area contributed by atoms with Crippen molar-refractivity contribution in [2.45, 2.75) is 18.2 Å². The fourth-order valence-corrected chi connectivity index (χ4v) is 3.49. The number of sulfonamides is 1. The quantitative estimate of drug-likeness (QED) is 0.725. The molecule has 1 N–H and O–H groups in total. The Balaban J connectivity index is 2.14. The van der Waals surface area contributed by atoms with Crippen LogP contribution in [-0.4, -0.2) is 38.9 Å². The minimum Gasteiger partial charge on any atom is -0.339 e. The van der Waals surface area contributed by atoms with Crippen LogP contribution < -0.4 is 4.72 Å².